The second-order valence-corrected chi connectivity index (χ2v) is 4.88. The minimum atomic E-state index is -0.00683. The molecular formula is C14H21N3O2. The van der Waals surface area contributed by atoms with Crippen molar-refractivity contribution in [3.05, 3.63) is 29.3 Å². The third-order valence-electron chi connectivity index (χ3n) is 3.29. The smallest absolute Gasteiger partial charge is 0.317 e. The fourth-order valence-corrected chi connectivity index (χ4v) is 2.11. The Labute approximate surface area is 113 Å². The van der Waals surface area contributed by atoms with Gasteiger partial charge in [0, 0.05) is 19.1 Å². The summed E-state index contributed by atoms with van der Waals surface area (Å²) in [6, 6.07) is 5.99. The van der Waals surface area contributed by atoms with E-state index in [9.17, 15) is 4.79 Å². The van der Waals surface area contributed by atoms with E-state index in [1.54, 1.807) is 4.90 Å². The molecule has 1 heterocycles. The number of amides is 2. The first-order valence-electron chi connectivity index (χ1n) is 6.59. The van der Waals surface area contributed by atoms with E-state index in [0.717, 1.165) is 30.0 Å². The van der Waals surface area contributed by atoms with Crippen LogP contribution in [0, 0.1) is 6.92 Å². The molecule has 104 valence electrons. The van der Waals surface area contributed by atoms with Gasteiger partial charge < -0.3 is 20.7 Å². The predicted molar refractivity (Wildman–Crippen MR) is 74.2 cm³/mol. The van der Waals surface area contributed by atoms with Gasteiger partial charge in [0.2, 0.25) is 0 Å². The summed E-state index contributed by atoms with van der Waals surface area (Å²) < 4.78 is 5.72. The van der Waals surface area contributed by atoms with E-state index >= 15 is 0 Å². The van der Waals surface area contributed by atoms with Crippen LogP contribution in [0.15, 0.2) is 18.2 Å². The Balaban J connectivity index is 1.87. The molecule has 1 aliphatic heterocycles. The van der Waals surface area contributed by atoms with E-state index in [-0.39, 0.29) is 12.1 Å². The van der Waals surface area contributed by atoms with Crippen LogP contribution in [-0.2, 0) is 0 Å². The number of ether oxygens (including phenoxy) is 1. The summed E-state index contributed by atoms with van der Waals surface area (Å²) in [5.74, 6) is 0.851. The van der Waals surface area contributed by atoms with Crippen molar-refractivity contribution in [1.82, 2.24) is 10.2 Å². The Morgan fingerprint density at radius 3 is 2.89 bits per heavy atom. The van der Waals surface area contributed by atoms with Crippen LogP contribution in [0.1, 0.15) is 24.1 Å². The summed E-state index contributed by atoms with van der Waals surface area (Å²) >= 11 is 0. The molecule has 19 heavy (non-hydrogen) atoms. The lowest BCUT2D eigenvalue weighted by atomic mass is 10.1. The van der Waals surface area contributed by atoms with Gasteiger partial charge in [0.15, 0.2) is 0 Å². The number of nitrogens with two attached hydrogens (primary N) is 1. The molecule has 1 aliphatic rings. The third kappa shape index (κ3) is 3.38. The van der Waals surface area contributed by atoms with Gasteiger partial charge in [-0.2, -0.15) is 0 Å². The van der Waals surface area contributed by atoms with Gasteiger partial charge in [-0.3, -0.25) is 0 Å². The van der Waals surface area contributed by atoms with Gasteiger partial charge in [-0.05, 0) is 31.0 Å². The number of nitrogens with one attached hydrogen (secondary N) is 1. The first kappa shape index (κ1) is 13.7. The summed E-state index contributed by atoms with van der Waals surface area (Å²) in [5.41, 5.74) is 8.01. The summed E-state index contributed by atoms with van der Waals surface area (Å²) in [5, 5.41) is 2.77. The molecule has 0 aromatic heterocycles. The lowest BCUT2D eigenvalue weighted by molar-refractivity contribution is 0.202. The number of carbonyl (C=O) groups excluding carboxylic acids is 1. The van der Waals surface area contributed by atoms with Crippen LogP contribution >= 0.6 is 0 Å². The second kappa shape index (κ2) is 5.93. The Morgan fingerprint density at radius 2 is 2.32 bits per heavy atom. The van der Waals surface area contributed by atoms with Crippen LogP contribution in [0.4, 0.5) is 4.79 Å². The maximum Gasteiger partial charge on any atom is 0.317 e. The topological polar surface area (TPSA) is 67.6 Å². The molecule has 1 aromatic rings. The highest BCUT2D eigenvalue weighted by atomic mass is 16.5. The number of hydrogen-bond acceptors (Lipinski definition) is 3. The van der Waals surface area contributed by atoms with Gasteiger partial charge in [0.05, 0.1) is 6.54 Å². The normalized spacial score (nSPS) is 16.4. The Bertz CT molecular complexity index is 460. The molecule has 0 spiro atoms. The summed E-state index contributed by atoms with van der Waals surface area (Å²) in [6.07, 6.45) is 0. The van der Waals surface area contributed by atoms with Crippen molar-refractivity contribution in [3.63, 3.8) is 0 Å². The van der Waals surface area contributed by atoms with Crippen molar-refractivity contribution in [2.75, 3.05) is 26.2 Å². The molecule has 1 aromatic carbocycles. The number of nitrogens with zero attached hydrogens (tertiary/aromatic N) is 1. The van der Waals surface area contributed by atoms with Crippen molar-refractivity contribution < 1.29 is 9.53 Å². The van der Waals surface area contributed by atoms with Crippen LogP contribution in [0.5, 0.6) is 5.75 Å². The highest BCUT2D eigenvalue weighted by molar-refractivity contribution is 5.76. The molecule has 2 rings (SSSR count). The van der Waals surface area contributed by atoms with Gasteiger partial charge in [-0.1, -0.05) is 12.1 Å². The van der Waals surface area contributed by atoms with E-state index in [0.29, 0.717) is 13.2 Å². The summed E-state index contributed by atoms with van der Waals surface area (Å²) in [7, 11) is 0. The monoisotopic (exact) mass is 263 g/mol. The van der Waals surface area contributed by atoms with E-state index < -0.39 is 0 Å². The fourth-order valence-electron chi connectivity index (χ4n) is 2.11. The average Bonchev–Trinajstić information content (AvgIpc) is 2.77. The Hall–Kier alpha value is -1.75. The molecule has 1 atom stereocenters. The summed E-state index contributed by atoms with van der Waals surface area (Å²) in [6.45, 7) is 6.56. The number of benzene rings is 1. The largest absolute Gasteiger partial charge is 0.491 e. The first-order chi connectivity index (χ1) is 9.08. The number of carbonyl (C=O) groups is 1. The van der Waals surface area contributed by atoms with Crippen molar-refractivity contribution in [1.29, 1.82) is 0 Å². The van der Waals surface area contributed by atoms with Crippen LogP contribution < -0.4 is 15.8 Å². The molecule has 0 saturated carbocycles. The minimum absolute atomic E-state index is 0.00683. The number of hydrogen-bond donors (Lipinski definition) is 2. The highest BCUT2D eigenvalue weighted by Gasteiger charge is 2.18. The van der Waals surface area contributed by atoms with Gasteiger partial charge >= 0.3 is 6.03 Å². The molecule has 1 saturated heterocycles. The zero-order chi connectivity index (χ0) is 13.8. The first-order valence-corrected chi connectivity index (χ1v) is 6.59. The molecule has 0 aliphatic carbocycles. The predicted octanol–water partition coefficient (Wildman–Crippen LogP) is 1.42. The van der Waals surface area contributed by atoms with Crippen LogP contribution in [-0.4, -0.2) is 37.2 Å². The summed E-state index contributed by atoms with van der Waals surface area (Å²) in [4.78, 5) is 13.1. The maximum absolute atomic E-state index is 11.3. The molecule has 1 unspecified atom stereocenters. The molecule has 1 fully saturated rings. The molecular weight excluding hydrogens is 242 g/mol. The van der Waals surface area contributed by atoms with Crippen LogP contribution in [0.2, 0.25) is 0 Å². The van der Waals surface area contributed by atoms with E-state index in [2.05, 4.69) is 5.32 Å². The lowest BCUT2D eigenvalue weighted by Gasteiger charge is -2.16. The van der Waals surface area contributed by atoms with E-state index in [4.69, 9.17) is 10.5 Å². The highest BCUT2D eigenvalue weighted by Crippen LogP contribution is 2.21. The van der Waals surface area contributed by atoms with Crippen molar-refractivity contribution in [2.45, 2.75) is 19.9 Å². The SMILES string of the molecule is Cc1cc(C(C)N)ccc1OCCN1CCNC1=O. The number of rotatable bonds is 5. The molecule has 0 bridgehead atoms. The minimum Gasteiger partial charge on any atom is -0.491 e. The maximum atomic E-state index is 11.3. The van der Waals surface area contributed by atoms with Crippen LogP contribution in [0.25, 0.3) is 0 Å². The molecule has 2 amide bonds. The number of urea groups is 1. The van der Waals surface area contributed by atoms with Crippen molar-refractivity contribution in [3.8, 4) is 5.75 Å². The quantitative estimate of drug-likeness (QED) is 0.844. The number of aryl methyl sites for hydroxylation is 1. The molecule has 0 radical (unpaired) electrons. The van der Waals surface area contributed by atoms with Gasteiger partial charge in [0.1, 0.15) is 12.4 Å². The standard InChI is InChI=1S/C14H21N3O2/c1-10-9-12(11(2)15)3-4-13(10)19-8-7-17-6-5-16-14(17)18/h3-4,9,11H,5-8,15H2,1-2H3,(H,16,18). The van der Waals surface area contributed by atoms with Gasteiger partial charge in [-0.25, -0.2) is 4.79 Å². The average molecular weight is 263 g/mol. The van der Waals surface area contributed by atoms with Crippen molar-refractivity contribution >= 4 is 6.03 Å². The third-order valence-corrected chi connectivity index (χ3v) is 3.29. The molecule has 5 nitrogen and oxygen atoms in total. The molecule has 5 heteroatoms. The second-order valence-electron chi connectivity index (χ2n) is 4.88. The van der Waals surface area contributed by atoms with Crippen LogP contribution in [0.3, 0.4) is 0 Å². The van der Waals surface area contributed by atoms with Gasteiger partial charge in [0.25, 0.3) is 0 Å². The van der Waals surface area contributed by atoms with E-state index in [1.807, 2.05) is 32.0 Å². The fraction of sp³-hybridized carbons (Fsp3) is 0.500. The Morgan fingerprint density at radius 1 is 1.53 bits per heavy atom. The molecule has 3 N–H and O–H groups in total. The Kier molecular flexibility index (Phi) is 4.27. The van der Waals surface area contributed by atoms with Crippen molar-refractivity contribution in [2.24, 2.45) is 5.73 Å². The van der Waals surface area contributed by atoms with E-state index in [1.165, 1.54) is 0 Å². The lowest BCUT2D eigenvalue weighted by Crippen LogP contribution is -2.31. The van der Waals surface area contributed by atoms with Gasteiger partial charge in [-0.15, -0.1) is 0 Å². The zero-order valence-corrected chi connectivity index (χ0v) is 11.5. The zero-order valence-electron chi connectivity index (χ0n) is 11.5.